The molecule has 0 aliphatic rings. The largest absolute Gasteiger partial charge is 0.423 e. The van der Waals surface area contributed by atoms with Crippen LogP contribution in [0.3, 0.4) is 0 Å². The Labute approximate surface area is 257 Å². The van der Waals surface area contributed by atoms with E-state index in [9.17, 15) is 35.2 Å². The lowest BCUT2D eigenvalue weighted by atomic mass is 10.3. The van der Waals surface area contributed by atoms with Crippen molar-refractivity contribution >= 4 is 56.8 Å². The van der Waals surface area contributed by atoms with Crippen molar-refractivity contribution in [3.05, 3.63) is 48.0 Å². The van der Waals surface area contributed by atoms with Gasteiger partial charge in [0, 0.05) is 40.3 Å². The minimum atomic E-state index is -4.05. The molecule has 0 aromatic heterocycles. The summed E-state index contributed by atoms with van der Waals surface area (Å²) < 4.78 is 91.0. The molecule has 18 heteroatoms. The van der Waals surface area contributed by atoms with E-state index in [1.165, 1.54) is 14.1 Å². The Morgan fingerprint density at radius 2 is 0.929 bits per heavy atom. The second-order valence-corrected chi connectivity index (χ2v) is 13.3. The first-order valence-corrected chi connectivity index (χ1v) is 14.6. The van der Waals surface area contributed by atoms with Gasteiger partial charge in [0.15, 0.2) is 23.1 Å². The molecule has 0 fully saturated rings. The quantitative estimate of drug-likeness (QED) is 0.185. The third kappa shape index (κ3) is 10.4. The molecular weight excluding hydrogens is 645 g/mol. The standard InChI is InChI=1S/C24H32F2N4O8S2.2ClH/c1-27(2)11-13-29(5)39(33,34)17-7-9-21(19(25)15-17)37-23(31)24(32)38-22-10-8-18(16-20(22)26)40(35,36)30(6)14-12-28(3)4;;/h7-10,15-16H,11-14H2,1-6H3;2*1H. The van der Waals surface area contributed by atoms with Crippen LogP contribution in [0.4, 0.5) is 8.78 Å². The summed E-state index contributed by atoms with van der Waals surface area (Å²) in [5, 5.41) is 0. The van der Waals surface area contributed by atoms with Gasteiger partial charge in [-0.1, -0.05) is 0 Å². The van der Waals surface area contributed by atoms with Crippen molar-refractivity contribution < 1.29 is 44.7 Å². The zero-order valence-electron chi connectivity index (χ0n) is 23.7. The third-order valence-electron chi connectivity index (χ3n) is 5.52. The summed E-state index contributed by atoms with van der Waals surface area (Å²) in [4.78, 5) is 27.0. The molecule has 0 atom stereocenters. The molecule has 0 heterocycles. The molecule has 238 valence electrons. The van der Waals surface area contributed by atoms with E-state index in [1.54, 1.807) is 38.0 Å². The number of ether oxygens (including phenoxy) is 2. The Kier molecular flexibility index (Phi) is 15.5. The van der Waals surface area contributed by atoms with Gasteiger partial charge in [0.1, 0.15) is 0 Å². The number of likely N-dealkylation sites (N-methyl/N-ethyl adjacent to an activating group) is 4. The van der Waals surface area contributed by atoms with Crippen LogP contribution in [0, 0.1) is 11.6 Å². The fourth-order valence-corrected chi connectivity index (χ4v) is 5.36. The van der Waals surface area contributed by atoms with Crippen LogP contribution in [0.1, 0.15) is 0 Å². The SMILES string of the molecule is CN(C)CCN(C)S(=O)(=O)c1ccc(OC(=O)C(=O)Oc2ccc(S(=O)(=O)N(C)CCN(C)C)cc2F)c(F)c1.Cl.Cl. The van der Waals surface area contributed by atoms with E-state index in [1.807, 2.05) is 0 Å². The van der Waals surface area contributed by atoms with Crippen molar-refractivity contribution in [2.24, 2.45) is 0 Å². The molecule has 0 N–H and O–H groups in total. The second-order valence-electron chi connectivity index (χ2n) is 9.22. The van der Waals surface area contributed by atoms with Gasteiger partial charge >= 0.3 is 11.9 Å². The number of benzene rings is 2. The normalized spacial score (nSPS) is 11.8. The van der Waals surface area contributed by atoms with Gasteiger partial charge in [-0.3, -0.25) is 0 Å². The maximum atomic E-state index is 14.5. The van der Waals surface area contributed by atoms with E-state index in [4.69, 9.17) is 0 Å². The monoisotopic (exact) mass is 678 g/mol. The molecule has 42 heavy (non-hydrogen) atoms. The topological polar surface area (TPSA) is 134 Å². The van der Waals surface area contributed by atoms with E-state index < -0.39 is 64.9 Å². The minimum absolute atomic E-state index is 0. The van der Waals surface area contributed by atoms with Crippen molar-refractivity contribution in [3.63, 3.8) is 0 Å². The van der Waals surface area contributed by atoms with Crippen molar-refractivity contribution in [2.75, 3.05) is 68.5 Å². The second kappa shape index (κ2) is 16.4. The fourth-order valence-electron chi connectivity index (χ4n) is 3.01. The smallest absolute Gasteiger partial charge is 0.415 e. The van der Waals surface area contributed by atoms with E-state index in [0.717, 1.165) is 32.9 Å². The third-order valence-corrected chi connectivity index (χ3v) is 9.22. The average Bonchev–Trinajstić information content (AvgIpc) is 2.87. The van der Waals surface area contributed by atoms with Gasteiger partial charge in [-0.05, 0) is 64.6 Å². The Hall–Kier alpha value is -2.44. The van der Waals surface area contributed by atoms with E-state index in [0.29, 0.717) is 25.2 Å². The molecule has 12 nitrogen and oxygen atoms in total. The highest BCUT2D eigenvalue weighted by Gasteiger charge is 2.27. The van der Waals surface area contributed by atoms with Gasteiger partial charge in [0.25, 0.3) is 0 Å². The lowest BCUT2D eigenvalue weighted by Gasteiger charge is -2.19. The Morgan fingerprint density at radius 3 is 1.19 bits per heavy atom. The first kappa shape index (κ1) is 39.6. The van der Waals surface area contributed by atoms with Gasteiger partial charge in [-0.15, -0.1) is 24.8 Å². The van der Waals surface area contributed by atoms with Crippen LogP contribution in [0.5, 0.6) is 11.5 Å². The van der Waals surface area contributed by atoms with E-state index in [-0.39, 0.29) is 37.9 Å². The maximum absolute atomic E-state index is 14.5. The molecule has 0 aliphatic heterocycles. The first-order chi connectivity index (χ1) is 18.5. The number of nitrogens with zero attached hydrogens (tertiary/aromatic N) is 4. The molecule has 0 bridgehead atoms. The molecule has 0 amide bonds. The average molecular weight is 680 g/mol. The zero-order chi connectivity index (χ0) is 30.4. The molecule has 0 saturated heterocycles. The van der Waals surface area contributed by atoms with Crippen LogP contribution in [-0.2, 0) is 29.6 Å². The molecule has 0 saturated carbocycles. The highest BCUT2D eigenvalue weighted by molar-refractivity contribution is 7.89. The number of sulfonamides is 2. The number of hydrogen-bond donors (Lipinski definition) is 0. The Bertz CT molecular complexity index is 1350. The number of carbonyl (C=O) groups excluding carboxylic acids is 2. The van der Waals surface area contributed by atoms with Gasteiger partial charge in [-0.2, -0.15) is 8.61 Å². The van der Waals surface area contributed by atoms with Gasteiger partial charge in [0.05, 0.1) is 9.79 Å². The number of esters is 2. The molecule has 0 spiro atoms. The molecule has 0 unspecified atom stereocenters. The Balaban J connectivity index is 0.00000840. The summed E-state index contributed by atoms with van der Waals surface area (Å²) in [6.45, 7) is 1.11. The first-order valence-electron chi connectivity index (χ1n) is 11.7. The molecule has 0 radical (unpaired) electrons. The van der Waals surface area contributed by atoms with Gasteiger partial charge in [-0.25, -0.2) is 35.2 Å². The van der Waals surface area contributed by atoms with Crippen LogP contribution in [0.15, 0.2) is 46.2 Å². The van der Waals surface area contributed by atoms with Crippen molar-refractivity contribution in [1.29, 1.82) is 0 Å². The lowest BCUT2D eigenvalue weighted by Crippen LogP contribution is -2.33. The summed E-state index contributed by atoms with van der Waals surface area (Å²) in [6, 6.07) is 4.94. The maximum Gasteiger partial charge on any atom is 0.423 e. The summed E-state index contributed by atoms with van der Waals surface area (Å²) in [5.74, 6) is -7.47. The van der Waals surface area contributed by atoms with Gasteiger partial charge in [0.2, 0.25) is 20.0 Å². The molecule has 2 aromatic rings. The summed E-state index contributed by atoms with van der Waals surface area (Å²) in [6.07, 6.45) is 0. The van der Waals surface area contributed by atoms with Crippen molar-refractivity contribution in [2.45, 2.75) is 9.79 Å². The van der Waals surface area contributed by atoms with E-state index >= 15 is 0 Å². The number of carbonyl (C=O) groups is 2. The van der Waals surface area contributed by atoms with Crippen LogP contribution < -0.4 is 9.47 Å². The fraction of sp³-hybridized carbons (Fsp3) is 0.417. The zero-order valence-corrected chi connectivity index (χ0v) is 27.0. The number of hydrogen-bond acceptors (Lipinski definition) is 10. The predicted molar refractivity (Wildman–Crippen MR) is 155 cm³/mol. The number of halogens is 4. The van der Waals surface area contributed by atoms with Crippen LogP contribution >= 0.6 is 24.8 Å². The van der Waals surface area contributed by atoms with Crippen LogP contribution in [0.2, 0.25) is 0 Å². The molecule has 2 rings (SSSR count). The van der Waals surface area contributed by atoms with Gasteiger partial charge < -0.3 is 19.3 Å². The molecular formula is C24H34Cl2F2N4O8S2. The summed E-state index contributed by atoms with van der Waals surface area (Å²) >= 11 is 0. The summed E-state index contributed by atoms with van der Waals surface area (Å²) in [5.41, 5.74) is 0. The summed E-state index contributed by atoms with van der Waals surface area (Å²) in [7, 11) is 1.59. The van der Waals surface area contributed by atoms with Crippen LogP contribution in [0.25, 0.3) is 0 Å². The van der Waals surface area contributed by atoms with E-state index in [2.05, 4.69) is 9.47 Å². The minimum Gasteiger partial charge on any atom is -0.415 e. The van der Waals surface area contributed by atoms with Crippen LogP contribution in [-0.4, -0.2) is 116 Å². The number of rotatable bonds is 12. The Morgan fingerprint density at radius 1 is 0.619 bits per heavy atom. The van der Waals surface area contributed by atoms with Crippen molar-refractivity contribution in [3.8, 4) is 11.5 Å². The predicted octanol–water partition coefficient (Wildman–Crippen LogP) is 1.68. The highest BCUT2D eigenvalue weighted by atomic mass is 35.5. The molecule has 2 aromatic carbocycles. The van der Waals surface area contributed by atoms with Crippen molar-refractivity contribution in [1.82, 2.24) is 18.4 Å². The molecule has 0 aliphatic carbocycles. The lowest BCUT2D eigenvalue weighted by molar-refractivity contribution is -0.156. The highest BCUT2D eigenvalue weighted by Crippen LogP contribution is 2.25.